The van der Waals surface area contributed by atoms with Crippen LogP contribution in [0.25, 0.3) is 0 Å². The molecule has 1 aromatic carbocycles. The van der Waals surface area contributed by atoms with Crippen molar-refractivity contribution in [3.63, 3.8) is 0 Å². The number of halogens is 1. The Hall–Kier alpha value is -1.18. The fraction of sp³-hybridized carbons (Fsp3) is 0.500. The molecule has 0 bridgehead atoms. The Labute approximate surface area is 113 Å². The van der Waals surface area contributed by atoms with E-state index in [0.717, 1.165) is 6.42 Å². The molecule has 0 aliphatic carbocycles. The van der Waals surface area contributed by atoms with Crippen molar-refractivity contribution in [2.75, 3.05) is 19.7 Å². The lowest BCUT2D eigenvalue weighted by atomic mass is 10.3. The van der Waals surface area contributed by atoms with Gasteiger partial charge >= 0.3 is 0 Å². The van der Waals surface area contributed by atoms with Crippen LogP contribution < -0.4 is 14.2 Å². The van der Waals surface area contributed by atoms with E-state index < -0.39 is 10.2 Å². The van der Waals surface area contributed by atoms with Gasteiger partial charge in [-0.15, -0.1) is 0 Å². The van der Waals surface area contributed by atoms with Crippen molar-refractivity contribution in [1.82, 2.24) is 9.44 Å². The van der Waals surface area contributed by atoms with Gasteiger partial charge in [0.25, 0.3) is 10.2 Å². The second-order valence-electron chi connectivity index (χ2n) is 3.95. The highest BCUT2D eigenvalue weighted by atomic mass is 32.2. The minimum Gasteiger partial charge on any atom is -0.494 e. The van der Waals surface area contributed by atoms with E-state index in [0.29, 0.717) is 31.9 Å². The summed E-state index contributed by atoms with van der Waals surface area (Å²) in [5.41, 5.74) is 0. The average molecular weight is 290 g/mol. The van der Waals surface area contributed by atoms with Crippen LogP contribution in [0.1, 0.15) is 19.8 Å². The number of hydrogen-bond donors (Lipinski definition) is 2. The van der Waals surface area contributed by atoms with Gasteiger partial charge in [0.05, 0.1) is 6.61 Å². The number of rotatable bonds is 9. The minimum absolute atomic E-state index is 0.292. The monoisotopic (exact) mass is 290 g/mol. The fourth-order valence-electron chi connectivity index (χ4n) is 1.29. The topological polar surface area (TPSA) is 67.4 Å². The Balaban J connectivity index is 2.16. The lowest BCUT2D eigenvalue weighted by molar-refractivity contribution is 0.311. The van der Waals surface area contributed by atoms with E-state index in [-0.39, 0.29) is 5.82 Å². The van der Waals surface area contributed by atoms with Crippen molar-refractivity contribution >= 4 is 10.2 Å². The zero-order valence-electron chi connectivity index (χ0n) is 10.9. The molecule has 0 spiro atoms. The van der Waals surface area contributed by atoms with Crippen molar-refractivity contribution in [3.8, 4) is 5.75 Å². The normalized spacial score (nSPS) is 11.5. The highest BCUT2D eigenvalue weighted by Crippen LogP contribution is 2.10. The van der Waals surface area contributed by atoms with Gasteiger partial charge in [-0.05, 0) is 37.1 Å². The van der Waals surface area contributed by atoms with Crippen LogP contribution in [-0.2, 0) is 10.2 Å². The van der Waals surface area contributed by atoms with Gasteiger partial charge in [-0.2, -0.15) is 8.42 Å². The van der Waals surface area contributed by atoms with Crippen molar-refractivity contribution in [3.05, 3.63) is 30.1 Å². The van der Waals surface area contributed by atoms with Gasteiger partial charge in [-0.1, -0.05) is 6.92 Å². The van der Waals surface area contributed by atoms with Crippen LogP contribution in [0.2, 0.25) is 0 Å². The van der Waals surface area contributed by atoms with E-state index in [4.69, 9.17) is 4.74 Å². The van der Waals surface area contributed by atoms with E-state index in [2.05, 4.69) is 9.44 Å². The SMILES string of the molecule is CCCNS(=O)(=O)NCCCOc1ccc(F)cc1. The third-order valence-electron chi connectivity index (χ3n) is 2.24. The van der Waals surface area contributed by atoms with E-state index >= 15 is 0 Å². The largest absolute Gasteiger partial charge is 0.494 e. The molecule has 2 N–H and O–H groups in total. The van der Waals surface area contributed by atoms with E-state index in [1.54, 1.807) is 0 Å². The molecule has 0 amide bonds. The first-order chi connectivity index (χ1) is 9.03. The van der Waals surface area contributed by atoms with Gasteiger partial charge in [0.2, 0.25) is 0 Å². The molecule has 0 unspecified atom stereocenters. The maximum absolute atomic E-state index is 12.6. The molecule has 0 aliphatic rings. The van der Waals surface area contributed by atoms with Crippen LogP contribution in [0, 0.1) is 5.82 Å². The van der Waals surface area contributed by atoms with Gasteiger partial charge in [-0.3, -0.25) is 0 Å². The van der Waals surface area contributed by atoms with Crippen LogP contribution in [0.4, 0.5) is 4.39 Å². The second kappa shape index (κ2) is 8.08. The van der Waals surface area contributed by atoms with Crippen molar-refractivity contribution < 1.29 is 17.5 Å². The third kappa shape index (κ3) is 7.09. The quantitative estimate of drug-likeness (QED) is 0.676. The minimum atomic E-state index is -3.40. The number of hydrogen-bond acceptors (Lipinski definition) is 3. The fourth-order valence-corrected chi connectivity index (χ4v) is 2.27. The molecule has 0 heterocycles. The molecule has 1 aromatic rings. The molecule has 108 valence electrons. The highest BCUT2D eigenvalue weighted by Gasteiger charge is 2.06. The maximum atomic E-state index is 12.6. The first kappa shape index (κ1) is 15.9. The number of benzene rings is 1. The Morgan fingerprint density at radius 3 is 2.42 bits per heavy atom. The van der Waals surface area contributed by atoms with E-state index in [1.807, 2.05) is 6.92 Å². The molecular formula is C12H19FN2O3S. The third-order valence-corrected chi connectivity index (χ3v) is 3.41. The molecule has 19 heavy (non-hydrogen) atoms. The Kier molecular flexibility index (Phi) is 6.75. The van der Waals surface area contributed by atoms with Crippen LogP contribution >= 0.6 is 0 Å². The predicted molar refractivity (Wildman–Crippen MR) is 71.7 cm³/mol. The van der Waals surface area contributed by atoms with E-state index in [1.165, 1.54) is 24.3 Å². The van der Waals surface area contributed by atoms with Gasteiger partial charge in [0.15, 0.2) is 0 Å². The van der Waals surface area contributed by atoms with Crippen molar-refractivity contribution in [2.45, 2.75) is 19.8 Å². The molecule has 7 heteroatoms. The predicted octanol–water partition coefficient (Wildman–Crippen LogP) is 1.43. The molecule has 0 saturated heterocycles. The van der Waals surface area contributed by atoms with Gasteiger partial charge in [0, 0.05) is 13.1 Å². The highest BCUT2D eigenvalue weighted by molar-refractivity contribution is 7.87. The molecule has 0 saturated carbocycles. The molecule has 0 aromatic heterocycles. The first-order valence-electron chi connectivity index (χ1n) is 6.16. The van der Waals surface area contributed by atoms with Crippen molar-refractivity contribution in [2.24, 2.45) is 0 Å². The van der Waals surface area contributed by atoms with Gasteiger partial charge in [-0.25, -0.2) is 13.8 Å². The summed E-state index contributed by atoms with van der Waals surface area (Å²) >= 11 is 0. The van der Waals surface area contributed by atoms with Crippen LogP contribution in [0.15, 0.2) is 24.3 Å². The number of nitrogens with one attached hydrogen (secondary N) is 2. The van der Waals surface area contributed by atoms with Crippen LogP contribution in [-0.4, -0.2) is 28.1 Å². The standard InChI is InChI=1S/C12H19FN2O3S/c1-2-8-14-19(16,17)15-9-3-10-18-12-6-4-11(13)5-7-12/h4-7,14-15H,2-3,8-10H2,1H3. The zero-order valence-corrected chi connectivity index (χ0v) is 11.7. The Bertz CT molecular complexity index is 462. The Morgan fingerprint density at radius 1 is 1.16 bits per heavy atom. The molecule has 0 radical (unpaired) electrons. The Morgan fingerprint density at radius 2 is 1.79 bits per heavy atom. The summed E-state index contributed by atoms with van der Waals surface area (Å²) < 4.78 is 45.5. The molecular weight excluding hydrogens is 271 g/mol. The van der Waals surface area contributed by atoms with Crippen LogP contribution in [0.3, 0.4) is 0 Å². The summed E-state index contributed by atoms with van der Waals surface area (Å²) in [4.78, 5) is 0. The smallest absolute Gasteiger partial charge is 0.276 e. The molecule has 0 aliphatic heterocycles. The second-order valence-corrected chi connectivity index (χ2v) is 5.53. The summed E-state index contributed by atoms with van der Waals surface area (Å²) in [5.74, 6) is 0.246. The summed E-state index contributed by atoms with van der Waals surface area (Å²) in [6.45, 7) is 2.96. The number of ether oxygens (including phenoxy) is 1. The summed E-state index contributed by atoms with van der Waals surface area (Å²) in [5, 5.41) is 0. The lowest BCUT2D eigenvalue weighted by Gasteiger charge is -2.08. The van der Waals surface area contributed by atoms with Crippen molar-refractivity contribution in [1.29, 1.82) is 0 Å². The molecule has 1 rings (SSSR count). The summed E-state index contributed by atoms with van der Waals surface area (Å²) in [7, 11) is -3.40. The summed E-state index contributed by atoms with van der Waals surface area (Å²) in [6.07, 6.45) is 1.28. The van der Waals surface area contributed by atoms with E-state index in [9.17, 15) is 12.8 Å². The first-order valence-corrected chi connectivity index (χ1v) is 7.64. The maximum Gasteiger partial charge on any atom is 0.276 e. The van der Waals surface area contributed by atoms with Crippen LogP contribution in [0.5, 0.6) is 5.75 Å². The van der Waals surface area contributed by atoms with Gasteiger partial charge < -0.3 is 4.74 Å². The summed E-state index contributed by atoms with van der Waals surface area (Å²) in [6, 6.07) is 5.68. The average Bonchev–Trinajstić information content (AvgIpc) is 2.38. The molecule has 5 nitrogen and oxygen atoms in total. The van der Waals surface area contributed by atoms with Gasteiger partial charge in [0.1, 0.15) is 11.6 Å². The molecule has 0 atom stereocenters. The zero-order chi connectivity index (χ0) is 14.1. The molecule has 0 fully saturated rings. The lowest BCUT2D eigenvalue weighted by Crippen LogP contribution is -2.37.